The van der Waals surface area contributed by atoms with Crippen LogP contribution in [0.15, 0.2) is 18.2 Å². The lowest BCUT2D eigenvalue weighted by atomic mass is 10.1. The van der Waals surface area contributed by atoms with Crippen LogP contribution < -0.4 is 0 Å². The smallest absolute Gasteiger partial charge is 0.466 e. The summed E-state index contributed by atoms with van der Waals surface area (Å²) in [4.78, 5) is 42.6. The van der Waals surface area contributed by atoms with Gasteiger partial charge in [-0.05, 0) is 30.7 Å². The molecule has 18 heavy (non-hydrogen) atoms. The van der Waals surface area contributed by atoms with Gasteiger partial charge < -0.3 is 24.9 Å². The number of aromatic carboxylic acids is 2. The van der Waals surface area contributed by atoms with Gasteiger partial charge in [0.2, 0.25) is 0 Å². The Bertz CT molecular complexity index is 463. The summed E-state index contributed by atoms with van der Waals surface area (Å²) in [5.41, 5.74) is 0.618. The molecule has 1 aromatic rings. The molecule has 8 nitrogen and oxygen atoms in total. The summed E-state index contributed by atoms with van der Waals surface area (Å²) < 4.78 is 8.88. The Hall–Kier alpha value is -1.73. The number of carbonyl (C=O) groups is 2. The molecule has 0 saturated heterocycles. The van der Waals surface area contributed by atoms with Crippen LogP contribution in [0.1, 0.15) is 26.3 Å². The lowest BCUT2D eigenvalue weighted by Crippen LogP contribution is -2.02. The van der Waals surface area contributed by atoms with Gasteiger partial charge in [-0.2, -0.15) is 0 Å². The summed E-state index contributed by atoms with van der Waals surface area (Å²) in [5, 5.41) is 17.2. The number of hydrogen-bond donors (Lipinski definition) is 5. The third-order valence-corrected chi connectivity index (χ3v) is 1.57. The predicted molar refractivity (Wildman–Crippen MR) is 59.4 cm³/mol. The van der Waals surface area contributed by atoms with Gasteiger partial charge in [0.15, 0.2) is 0 Å². The molecular weight excluding hydrogens is 267 g/mol. The second kappa shape index (κ2) is 6.27. The maximum Gasteiger partial charge on any atom is 0.466 e. The van der Waals surface area contributed by atoms with Crippen molar-refractivity contribution in [3.05, 3.63) is 34.9 Å². The number of phosphoric acid groups is 1. The van der Waals surface area contributed by atoms with E-state index in [1.807, 2.05) is 0 Å². The highest BCUT2D eigenvalue weighted by atomic mass is 31.2. The van der Waals surface area contributed by atoms with E-state index in [0.29, 0.717) is 5.56 Å². The van der Waals surface area contributed by atoms with Crippen molar-refractivity contribution in [3.8, 4) is 0 Å². The SMILES string of the molecule is Cc1cc(C(=O)O)cc(C(=O)O)c1.O=P(O)(O)O. The number of carboxylic acid groups (broad SMARTS) is 2. The Kier molecular flexibility index (Phi) is 5.67. The predicted octanol–water partition coefficient (Wildman–Crippen LogP) is 0.463. The third kappa shape index (κ3) is 7.53. The molecule has 0 saturated carbocycles. The average Bonchev–Trinajstić information content (AvgIpc) is 2.13. The lowest BCUT2D eigenvalue weighted by Gasteiger charge is -1.99. The number of hydrogen-bond acceptors (Lipinski definition) is 3. The number of carboxylic acids is 2. The standard InChI is InChI=1S/C9H8O4.H3O4P/c1-5-2-6(8(10)11)4-7(3-5)9(12)13;1-5(2,3)4/h2-4H,1H3,(H,10,11)(H,12,13);(H3,1,2,3,4). The summed E-state index contributed by atoms with van der Waals surface area (Å²) >= 11 is 0. The zero-order valence-electron chi connectivity index (χ0n) is 9.14. The van der Waals surface area contributed by atoms with E-state index in [1.54, 1.807) is 6.92 Å². The summed E-state index contributed by atoms with van der Waals surface area (Å²) in [6, 6.07) is 3.99. The Morgan fingerprint density at radius 2 is 1.22 bits per heavy atom. The van der Waals surface area contributed by atoms with E-state index in [0.717, 1.165) is 6.07 Å². The molecule has 0 atom stereocenters. The largest absolute Gasteiger partial charge is 0.478 e. The van der Waals surface area contributed by atoms with Gasteiger partial charge in [-0.25, -0.2) is 14.2 Å². The van der Waals surface area contributed by atoms with Crippen molar-refractivity contribution < 1.29 is 39.0 Å². The first-order valence-electron chi connectivity index (χ1n) is 4.37. The fraction of sp³-hybridized carbons (Fsp3) is 0.111. The zero-order valence-corrected chi connectivity index (χ0v) is 10.0. The summed E-state index contributed by atoms with van der Waals surface area (Å²) in [6.45, 7) is 1.65. The van der Waals surface area contributed by atoms with Crippen LogP contribution in [0.2, 0.25) is 0 Å². The molecular formula is C9H11O8P. The third-order valence-electron chi connectivity index (χ3n) is 1.57. The molecule has 1 rings (SSSR count). The molecule has 1 aromatic carbocycles. The van der Waals surface area contributed by atoms with Gasteiger partial charge in [0.25, 0.3) is 0 Å². The van der Waals surface area contributed by atoms with E-state index >= 15 is 0 Å². The fourth-order valence-electron chi connectivity index (χ4n) is 1.03. The fourth-order valence-corrected chi connectivity index (χ4v) is 1.03. The Balaban J connectivity index is 0.000000494. The van der Waals surface area contributed by atoms with Crippen molar-refractivity contribution in [2.24, 2.45) is 0 Å². The van der Waals surface area contributed by atoms with Gasteiger partial charge in [0.1, 0.15) is 0 Å². The molecule has 0 heterocycles. The first-order chi connectivity index (χ1) is 8.00. The minimum absolute atomic E-state index is 0.00241. The molecule has 0 unspecified atom stereocenters. The number of aryl methyl sites for hydroxylation is 1. The zero-order chi connectivity index (χ0) is 14.5. The Labute approximate surface area is 101 Å². The minimum atomic E-state index is -4.64. The second-order valence-corrected chi connectivity index (χ2v) is 4.24. The molecule has 0 radical (unpaired) electrons. The van der Waals surface area contributed by atoms with Crippen LogP contribution in [0.25, 0.3) is 0 Å². The molecule has 100 valence electrons. The molecule has 0 aromatic heterocycles. The van der Waals surface area contributed by atoms with Crippen LogP contribution in [0.4, 0.5) is 0 Å². The highest BCUT2D eigenvalue weighted by molar-refractivity contribution is 7.45. The van der Waals surface area contributed by atoms with Crippen molar-refractivity contribution in [1.29, 1.82) is 0 Å². The van der Waals surface area contributed by atoms with Crippen LogP contribution in [0.5, 0.6) is 0 Å². The van der Waals surface area contributed by atoms with E-state index in [1.165, 1.54) is 12.1 Å². The van der Waals surface area contributed by atoms with E-state index in [9.17, 15) is 9.59 Å². The normalized spacial score (nSPS) is 10.2. The lowest BCUT2D eigenvalue weighted by molar-refractivity contribution is 0.0696. The van der Waals surface area contributed by atoms with Crippen molar-refractivity contribution in [2.75, 3.05) is 0 Å². The number of benzene rings is 1. The molecule has 0 aliphatic rings. The first-order valence-corrected chi connectivity index (χ1v) is 5.94. The van der Waals surface area contributed by atoms with Gasteiger partial charge in [-0.1, -0.05) is 0 Å². The summed E-state index contributed by atoms with van der Waals surface area (Å²) in [7, 11) is -4.64. The molecule has 0 aliphatic carbocycles. The Morgan fingerprint density at radius 3 is 1.44 bits per heavy atom. The average molecular weight is 278 g/mol. The highest BCUT2D eigenvalue weighted by Gasteiger charge is 2.09. The monoisotopic (exact) mass is 278 g/mol. The molecule has 9 heteroatoms. The van der Waals surface area contributed by atoms with Gasteiger partial charge in [-0.3, -0.25) is 0 Å². The van der Waals surface area contributed by atoms with Crippen molar-refractivity contribution in [1.82, 2.24) is 0 Å². The quantitative estimate of drug-likeness (QED) is 0.489. The van der Waals surface area contributed by atoms with Gasteiger partial charge in [0, 0.05) is 0 Å². The molecule has 5 N–H and O–H groups in total. The first kappa shape index (κ1) is 16.3. The molecule has 0 fully saturated rings. The van der Waals surface area contributed by atoms with Crippen molar-refractivity contribution in [2.45, 2.75) is 6.92 Å². The van der Waals surface area contributed by atoms with Gasteiger partial charge in [-0.15, -0.1) is 0 Å². The van der Waals surface area contributed by atoms with Gasteiger partial charge >= 0.3 is 19.8 Å². The van der Waals surface area contributed by atoms with Crippen LogP contribution >= 0.6 is 7.82 Å². The van der Waals surface area contributed by atoms with Crippen LogP contribution in [0.3, 0.4) is 0 Å². The van der Waals surface area contributed by atoms with Crippen LogP contribution in [0, 0.1) is 6.92 Å². The topological polar surface area (TPSA) is 152 Å². The van der Waals surface area contributed by atoms with Crippen molar-refractivity contribution >= 4 is 19.8 Å². The summed E-state index contributed by atoms with van der Waals surface area (Å²) in [6.07, 6.45) is 0. The minimum Gasteiger partial charge on any atom is -0.478 e. The maximum atomic E-state index is 10.5. The van der Waals surface area contributed by atoms with Gasteiger partial charge in [0.05, 0.1) is 11.1 Å². The maximum absolute atomic E-state index is 10.5. The second-order valence-electron chi connectivity index (χ2n) is 3.21. The molecule has 0 amide bonds. The van der Waals surface area contributed by atoms with E-state index < -0.39 is 19.8 Å². The van der Waals surface area contributed by atoms with E-state index in [2.05, 4.69) is 0 Å². The van der Waals surface area contributed by atoms with Crippen molar-refractivity contribution in [3.63, 3.8) is 0 Å². The summed E-state index contributed by atoms with van der Waals surface area (Å²) in [5.74, 6) is -2.24. The molecule has 0 spiro atoms. The van der Waals surface area contributed by atoms with E-state index in [4.69, 9.17) is 29.5 Å². The van der Waals surface area contributed by atoms with Crippen LogP contribution in [-0.2, 0) is 4.57 Å². The number of rotatable bonds is 2. The molecule has 0 bridgehead atoms. The van der Waals surface area contributed by atoms with E-state index in [-0.39, 0.29) is 11.1 Å². The van der Waals surface area contributed by atoms with Crippen LogP contribution in [-0.4, -0.2) is 36.8 Å². The molecule has 0 aliphatic heterocycles. The highest BCUT2D eigenvalue weighted by Crippen LogP contribution is 2.25. The Morgan fingerprint density at radius 1 is 0.944 bits per heavy atom.